The highest BCUT2D eigenvalue weighted by atomic mass is 35.5. The smallest absolute Gasteiger partial charge is 0.296 e. The Bertz CT molecular complexity index is 1360. The van der Waals surface area contributed by atoms with Crippen molar-refractivity contribution in [3.8, 4) is 5.82 Å². The van der Waals surface area contributed by atoms with Crippen LogP contribution >= 0.6 is 12.4 Å². The van der Waals surface area contributed by atoms with Gasteiger partial charge in [-0.3, -0.25) is 9.36 Å². The van der Waals surface area contributed by atoms with E-state index in [0.717, 1.165) is 51.6 Å². The van der Waals surface area contributed by atoms with Gasteiger partial charge in [0.05, 0.1) is 30.2 Å². The van der Waals surface area contributed by atoms with Crippen LogP contribution in [-0.4, -0.2) is 88.9 Å². The molecule has 0 radical (unpaired) electrons. The minimum Gasteiger partial charge on any atom is -0.378 e. The summed E-state index contributed by atoms with van der Waals surface area (Å²) in [6.07, 6.45) is 2.75. The van der Waals surface area contributed by atoms with Crippen molar-refractivity contribution in [3.63, 3.8) is 0 Å². The van der Waals surface area contributed by atoms with E-state index in [4.69, 9.17) is 14.7 Å². The molecule has 1 aromatic carbocycles. The first-order valence-electron chi connectivity index (χ1n) is 14.7. The van der Waals surface area contributed by atoms with Gasteiger partial charge in [0, 0.05) is 37.8 Å². The molecular weight excluding hydrogens is 566 g/mol. The van der Waals surface area contributed by atoms with Crippen molar-refractivity contribution in [3.05, 3.63) is 36.2 Å². The van der Waals surface area contributed by atoms with Crippen LogP contribution < -0.4 is 15.5 Å². The first-order chi connectivity index (χ1) is 19.9. The molecule has 0 unspecified atom stereocenters. The third kappa shape index (κ3) is 6.76. The van der Waals surface area contributed by atoms with Crippen molar-refractivity contribution in [2.75, 3.05) is 56.7 Å². The summed E-state index contributed by atoms with van der Waals surface area (Å²) in [6.45, 7) is 4.23. The van der Waals surface area contributed by atoms with Crippen LogP contribution in [0.5, 0.6) is 0 Å². The summed E-state index contributed by atoms with van der Waals surface area (Å²) in [6, 6.07) is 9.15. The van der Waals surface area contributed by atoms with Gasteiger partial charge in [0.25, 0.3) is 6.43 Å². The van der Waals surface area contributed by atoms with E-state index in [9.17, 15) is 13.6 Å². The molecule has 2 aromatic heterocycles. The highest BCUT2D eigenvalue weighted by molar-refractivity contribution is 5.85. The van der Waals surface area contributed by atoms with Crippen molar-refractivity contribution < 1.29 is 18.3 Å². The van der Waals surface area contributed by atoms with Crippen molar-refractivity contribution in [2.24, 2.45) is 5.92 Å². The average Bonchev–Trinajstić information content (AvgIpc) is 3.39. The second-order valence-electron chi connectivity index (χ2n) is 11.4. The first-order valence-corrected chi connectivity index (χ1v) is 14.7. The molecule has 42 heavy (non-hydrogen) atoms. The van der Waals surface area contributed by atoms with E-state index in [-0.39, 0.29) is 42.1 Å². The Labute approximate surface area is 250 Å². The van der Waals surface area contributed by atoms with Gasteiger partial charge in [-0.2, -0.15) is 9.97 Å². The summed E-state index contributed by atoms with van der Waals surface area (Å²) in [5, 5.41) is 6.84. The van der Waals surface area contributed by atoms with Crippen molar-refractivity contribution >= 4 is 41.1 Å². The standard InChI is InChI=1S/C29H38F2N8O2.ClH/c1-37-12-4-5-19(18-37)28(40)33-21-10-8-20(9-11-21)32-24-17-25(36-29(35-24)38-13-15-41-16-14-38)39-23-7-3-2-6-22(23)34-27(39)26(30)31;/h2-3,6-7,17,19-21,26H,4-5,8-16,18H2,1H3,(H,33,40)(H,32,35,36);1H/t19-,20?,21?;/m1./s1. The Morgan fingerprint density at radius 1 is 1.00 bits per heavy atom. The monoisotopic (exact) mass is 604 g/mol. The van der Waals surface area contributed by atoms with Crippen LogP contribution in [0.4, 0.5) is 20.5 Å². The number of hydrogen-bond donors (Lipinski definition) is 2. The molecule has 13 heteroatoms. The molecule has 6 rings (SSSR count). The van der Waals surface area contributed by atoms with Gasteiger partial charge in [0.2, 0.25) is 11.9 Å². The molecule has 3 fully saturated rings. The molecule has 1 saturated carbocycles. The highest BCUT2D eigenvalue weighted by Crippen LogP contribution is 2.30. The van der Waals surface area contributed by atoms with E-state index in [1.807, 2.05) is 11.0 Å². The lowest BCUT2D eigenvalue weighted by molar-refractivity contribution is -0.127. The zero-order chi connectivity index (χ0) is 28.3. The third-order valence-electron chi connectivity index (χ3n) is 8.43. The van der Waals surface area contributed by atoms with E-state index in [2.05, 4.69) is 27.6 Å². The fourth-order valence-corrected chi connectivity index (χ4v) is 6.24. The lowest BCUT2D eigenvalue weighted by Crippen LogP contribution is -2.46. The third-order valence-corrected chi connectivity index (χ3v) is 8.43. The zero-order valence-corrected chi connectivity index (χ0v) is 24.7. The zero-order valence-electron chi connectivity index (χ0n) is 23.8. The van der Waals surface area contributed by atoms with Gasteiger partial charge in [-0.05, 0) is 64.3 Å². The number of nitrogens with zero attached hydrogens (tertiary/aromatic N) is 6. The Kier molecular flexibility index (Phi) is 9.74. The molecule has 2 N–H and O–H groups in total. The number of alkyl halides is 2. The molecule has 0 spiro atoms. The average molecular weight is 605 g/mol. The number of ether oxygens (including phenoxy) is 1. The maximum atomic E-state index is 14.1. The van der Waals surface area contributed by atoms with Gasteiger partial charge in [-0.15, -0.1) is 12.4 Å². The van der Waals surface area contributed by atoms with Crippen LogP contribution in [-0.2, 0) is 9.53 Å². The molecule has 1 amide bonds. The molecule has 0 bridgehead atoms. The Hall–Kier alpha value is -3.09. The van der Waals surface area contributed by atoms with Crippen molar-refractivity contribution in [2.45, 2.75) is 57.0 Å². The number of piperidine rings is 1. The van der Waals surface area contributed by atoms with Crippen LogP contribution in [0.25, 0.3) is 16.9 Å². The van der Waals surface area contributed by atoms with Crippen LogP contribution in [0.2, 0.25) is 0 Å². The van der Waals surface area contributed by atoms with Crippen molar-refractivity contribution in [1.29, 1.82) is 0 Å². The Morgan fingerprint density at radius 2 is 1.74 bits per heavy atom. The molecule has 3 aromatic rings. The largest absolute Gasteiger partial charge is 0.378 e. The highest BCUT2D eigenvalue weighted by Gasteiger charge is 2.29. The molecule has 4 heterocycles. The number of para-hydroxylation sites is 2. The van der Waals surface area contributed by atoms with Crippen LogP contribution in [0.15, 0.2) is 30.3 Å². The van der Waals surface area contributed by atoms with E-state index in [1.165, 1.54) is 4.57 Å². The van der Waals surface area contributed by atoms with Crippen LogP contribution in [0, 0.1) is 5.92 Å². The minimum absolute atomic E-state index is 0. The molecule has 1 aliphatic carbocycles. The van der Waals surface area contributed by atoms with Gasteiger partial charge in [0.15, 0.2) is 5.82 Å². The molecule has 1 atom stereocenters. The number of morpholine rings is 1. The quantitative estimate of drug-likeness (QED) is 0.414. The summed E-state index contributed by atoms with van der Waals surface area (Å²) in [5.41, 5.74) is 1.06. The predicted octanol–water partition coefficient (Wildman–Crippen LogP) is 4.19. The number of amides is 1. The first kappa shape index (κ1) is 30.4. The van der Waals surface area contributed by atoms with Gasteiger partial charge in [-0.25, -0.2) is 13.8 Å². The number of hydrogen-bond acceptors (Lipinski definition) is 8. The summed E-state index contributed by atoms with van der Waals surface area (Å²) >= 11 is 0. The maximum Gasteiger partial charge on any atom is 0.296 e. The fourth-order valence-electron chi connectivity index (χ4n) is 6.24. The number of carbonyl (C=O) groups excluding carboxylic acids is 1. The topological polar surface area (TPSA) is 100 Å². The summed E-state index contributed by atoms with van der Waals surface area (Å²) in [4.78, 5) is 30.8. The SMILES string of the molecule is CN1CCC[C@@H](C(=O)NC2CCC(Nc3cc(-n4c(C(F)F)nc5ccccc54)nc(N4CCOCC4)n3)CC2)C1.Cl. The van der Waals surface area contributed by atoms with Crippen molar-refractivity contribution in [1.82, 2.24) is 29.7 Å². The number of imidazole rings is 1. The lowest BCUT2D eigenvalue weighted by Gasteiger charge is -2.33. The number of likely N-dealkylation sites (tertiary alicyclic amines) is 1. The number of halogens is 3. The Morgan fingerprint density at radius 3 is 2.48 bits per heavy atom. The predicted molar refractivity (Wildman–Crippen MR) is 160 cm³/mol. The minimum atomic E-state index is -2.76. The molecule has 2 saturated heterocycles. The van der Waals surface area contributed by atoms with E-state index in [1.54, 1.807) is 24.3 Å². The number of nitrogens with one attached hydrogen (secondary N) is 2. The molecule has 2 aliphatic heterocycles. The van der Waals surface area contributed by atoms with Crippen LogP contribution in [0.1, 0.15) is 50.8 Å². The lowest BCUT2D eigenvalue weighted by atomic mass is 9.90. The fraction of sp³-hybridized carbons (Fsp3) is 0.586. The maximum absolute atomic E-state index is 14.1. The summed E-state index contributed by atoms with van der Waals surface area (Å²) in [5.74, 6) is 1.32. The Balaban J connectivity index is 0.00000353. The normalized spacial score (nSPS) is 23.5. The van der Waals surface area contributed by atoms with E-state index < -0.39 is 6.43 Å². The van der Waals surface area contributed by atoms with E-state index in [0.29, 0.717) is 54.9 Å². The second-order valence-corrected chi connectivity index (χ2v) is 11.4. The molecule has 3 aliphatic rings. The number of rotatable bonds is 7. The van der Waals surface area contributed by atoms with Gasteiger partial charge >= 0.3 is 0 Å². The summed E-state index contributed by atoms with van der Waals surface area (Å²) < 4.78 is 35.2. The van der Waals surface area contributed by atoms with Gasteiger partial charge in [-0.1, -0.05) is 12.1 Å². The number of benzene rings is 1. The number of carbonyl (C=O) groups is 1. The molecule has 10 nitrogen and oxygen atoms in total. The van der Waals surface area contributed by atoms with E-state index >= 15 is 0 Å². The number of aromatic nitrogens is 4. The van der Waals surface area contributed by atoms with Gasteiger partial charge in [0.1, 0.15) is 11.6 Å². The number of fused-ring (bicyclic) bond motifs is 1. The second kappa shape index (κ2) is 13.5. The summed E-state index contributed by atoms with van der Waals surface area (Å²) in [7, 11) is 2.07. The molecule has 228 valence electrons. The number of anilines is 2. The molecular formula is C29H39ClF2N8O2. The van der Waals surface area contributed by atoms with Gasteiger partial charge < -0.3 is 25.2 Å². The van der Waals surface area contributed by atoms with Crippen LogP contribution in [0.3, 0.4) is 0 Å².